The second-order valence-electron chi connectivity index (χ2n) is 3.35. The van der Waals surface area contributed by atoms with Crippen LogP contribution < -0.4 is 10.6 Å². The highest BCUT2D eigenvalue weighted by Crippen LogP contribution is 2.13. The minimum Gasteiger partial charge on any atom is -0.369 e. The molecule has 0 bridgehead atoms. The maximum atomic E-state index is 4.35. The molecule has 0 atom stereocenters. The van der Waals surface area contributed by atoms with E-state index in [0.717, 1.165) is 18.1 Å². The van der Waals surface area contributed by atoms with Crippen molar-refractivity contribution in [3.63, 3.8) is 0 Å². The van der Waals surface area contributed by atoms with E-state index in [2.05, 4.69) is 25.7 Å². The summed E-state index contributed by atoms with van der Waals surface area (Å²) in [5, 5.41) is 10.3. The number of hydrogen-bond donors (Lipinski definition) is 2. The quantitative estimate of drug-likeness (QED) is 0.811. The minimum absolute atomic E-state index is 0.700. The van der Waals surface area contributed by atoms with Crippen molar-refractivity contribution >= 4 is 17.3 Å². The van der Waals surface area contributed by atoms with E-state index < -0.39 is 0 Å². The van der Waals surface area contributed by atoms with Crippen molar-refractivity contribution in [1.29, 1.82) is 0 Å². The second kappa shape index (κ2) is 4.61. The van der Waals surface area contributed by atoms with E-state index in [1.165, 1.54) is 0 Å². The van der Waals surface area contributed by atoms with Crippen LogP contribution in [0.3, 0.4) is 0 Å². The number of rotatable bonds is 4. The molecule has 6 heteroatoms. The van der Waals surface area contributed by atoms with Crippen LogP contribution in [0.1, 0.15) is 6.92 Å². The monoisotopic (exact) mass is 218 g/mol. The molecule has 0 saturated carbocycles. The SMILES string of the molecule is CCNc1cncc(Nc2cnn(C)c2)n1. The zero-order valence-corrected chi connectivity index (χ0v) is 9.31. The Morgan fingerprint density at radius 1 is 1.25 bits per heavy atom. The van der Waals surface area contributed by atoms with Crippen molar-refractivity contribution in [3.05, 3.63) is 24.8 Å². The lowest BCUT2D eigenvalue weighted by atomic mass is 10.5. The first-order chi connectivity index (χ1) is 7.78. The molecule has 0 unspecified atom stereocenters. The molecule has 2 heterocycles. The maximum absolute atomic E-state index is 4.35. The van der Waals surface area contributed by atoms with Gasteiger partial charge in [-0.1, -0.05) is 0 Å². The Morgan fingerprint density at radius 3 is 2.75 bits per heavy atom. The standard InChI is InChI=1S/C10H14N6/c1-3-12-9-5-11-6-10(15-9)14-8-4-13-16(2)7-8/h4-7H,3H2,1-2H3,(H2,12,14,15). The van der Waals surface area contributed by atoms with Gasteiger partial charge < -0.3 is 10.6 Å². The molecule has 2 N–H and O–H groups in total. The van der Waals surface area contributed by atoms with Gasteiger partial charge in [0.05, 0.1) is 24.3 Å². The number of aryl methyl sites for hydroxylation is 1. The molecule has 0 spiro atoms. The molecule has 0 radical (unpaired) electrons. The van der Waals surface area contributed by atoms with Gasteiger partial charge in [-0.25, -0.2) is 4.98 Å². The highest BCUT2D eigenvalue weighted by Gasteiger charge is 2.00. The number of nitrogens with one attached hydrogen (secondary N) is 2. The third kappa shape index (κ3) is 2.47. The van der Waals surface area contributed by atoms with Crippen LogP contribution in [0.5, 0.6) is 0 Å². The zero-order valence-electron chi connectivity index (χ0n) is 9.31. The van der Waals surface area contributed by atoms with Crippen LogP contribution in [0, 0.1) is 0 Å². The van der Waals surface area contributed by atoms with Crippen molar-refractivity contribution in [3.8, 4) is 0 Å². The summed E-state index contributed by atoms with van der Waals surface area (Å²) in [5.41, 5.74) is 0.894. The van der Waals surface area contributed by atoms with Crippen LogP contribution in [0.4, 0.5) is 17.3 Å². The van der Waals surface area contributed by atoms with E-state index >= 15 is 0 Å². The second-order valence-corrected chi connectivity index (χ2v) is 3.35. The lowest BCUT2D eigenvalue weighted by Crippen LogP contribution is -2.02. The Labute approximate surface area is 93.7 Å². The normalized spacial score (nSPS) is 10.1. The largest absolute Gasteiger partial charge is 0.369 e. The van der Waals surface area contributed by atoms with Crippen LogP contribution in [0.15, 0.2) is 24.8 Å². The molecule has 2 aromatic heterocycles. The van der Waals surface area contributed by atoms with Crippen LogP contribution >= 0.6 is 0 Å². The predicted molar refractivity (Wildman–Crippen MR) is 62.7 cm³/mol. The van der Waals surface area contributed by atoms with E-state index in [1.807, 2.05) is 20.2 Å². The topological polar surface area (TPSA) is 67.7 Å². The fourth-order valence-electron chi connectivity index (χ4n) is 1.33. The highest BCUT2D eigenvalue weighted by molar-refractivity contribution is 5.54. The van der Waals surface area contributed by atoms with Gasteiger partial charge in [-0.3, -0.25) is 9.67 Å². The van der Waals surface area contributed by atoms with E-state index in [9.17, 15) is 0 Å². The Kier molecular flexibility index (Phi) is 3.00. The fourth-order valence-corrected chi connectivity index (χ4v) is 1.33. The van der Waals surface area contributed by atoms with Crippen LogP contribution in [0.2, 0.25) is 0 Å². The van der Waals surface area contributed by atoms with E-state index in [1.54, 1.807) is 23.3 Å². The van der Waals surface area contributed by atoms with Gasteiger partial charge in [-0.2, -0.15) is 5.10 Å². The van der Waals surface area contributed by atoms with Crippen LogP contribution in [-0.2, 0) is 7.05 Å². The Balaban J connectivity index is 2.12. The molecule has 6 nitrogen and oxygen atoms in total. The Bertz CT molecular complexity index is 464. The van der Waals surface area contributed by atoms with Gasteiger partial charge in [-0.05, 0) is 6.92 Å². The molecular weight excluding hydrogens is 204 g/mol. The van der Waals surface area contributed by atoms with E-state index in [4.69, 9.17) is 0 Å². The van der Waals surface area contributed by atoms with Crippen molar-refractivity contribution in [2.24, 2.45) is 7.05 Å². The van der Waals surface area contributed by atoms with E-state index in [0.29, 0.717) is 5.82 Å². The summed E-state index contributed by atoms with van der Waals surface area (Å²) in [6.45, 7) is 2.84. The van der Waals surface area contributed by atoms with Gasteiger partial charge >= 0.3 is 0 Å². The Morgan fingerprint density at radius 2 is 2.06 bits per heavy atom. The summed E-state index contributed by atoms with van der Waals surface area (Å²) in [7, 11) is 1.87. The number of hydrogen-bond acceptors (Lipinski definition) is 5. The molecule has 0 fully saturated rings. The molecule has 0 saturated heterocycles. The number of anilines is 3. The lowest BCUT2D eigenvalue weighted by molar-refractivity contribution is 0.768. The molecule has 0 amide bonds. The average Bonchev–Trinajstić information content (AvgIpc) is 2.65. The summed E-state index contributed by atoms with van der Waals surface area (Å²) in [6, 6.07) is 0. The number of nitrogens with zero attached hydrogens (tertiary/aromatic N) is 4. The van der Waals surface area contributed by atoms with Crippen molar-refractivity contribution in [1.82, 2.24) is 19.7 Å². The molecule has 0 aromatic carbocycles. The molecular formula is C10H14N6. The summed E-state index contributed by atoms with van der Waals surface area (Å²) in [4.78, 5) is 8.44. The van der Waals surface area contributed by atoms with Gasteiger partial charge in [-0.15, -0.1) is 0 Å². The number of aromatic nitrogens is 4. The van der Waals surface area contributed by atoms with Crippen molar-refractivity contribution < 1.29 is 0 Å². The van der Waals surface area contributed by atoms with Crippen LogP contribution in [-0.4, -0.2) is 26.3 Å². The molecule has 16 heavy (non-hydrogen) atoms. The van der Waals surface area contributed by atoms with Gasteiger partial charge in [0, 0.05) is 19.8 Å². The predicted octanol–water partition coefficient (Wildman–Crippen LogP) is 1.39. The highest BCUT2D eigenvalue weighted by atomic mass is 15.3. The smallest absolute Gasteiger partial charge is 0.151 e. The first-order valence-electron chi connectivity index (χ1n) is 5.09. The van der Waals surface area contributed by atoms with Crippen LogP contribution in [0.25, 0.3) is 0 Å². The summed E-state index contributed by atoms with van der Waals surface area (Å²) < 4.78 is 1.73. The zero-order chi connectivity index (χ0) is 11.4. The first kappa shape index (κ1) is 10.4. The average molecular weight is 218 g/mol. The molecule has 0 aliphatic heterocycles. The van der Waals surface area contributed by atoms with Crippen molar-refractivity contribution in [2.45, 2.75) is 6.92 Å². The molecule has 2 rings (SSSR count). The molecule has 2 aromatic rings. The van der Waals surface area contributed by atoms with Gasteiger partial charge in [0.15, 0.2) is 5.82 Å². The van der Waals surface area contributed by atoms with Crippen molar-refractivity contribution in [2.75, 3.05) is 17.2 Å². The maximum Gasteiger partial charge on any atom is 0.151 e. The van der Waals surface area contributed by atoms with Gasteiger partial charge in [0.1, 0.15) is 5.82 Å². The Hall–Kier alpha value is -2.11. The molecule has 84 valence electrons. The summed E-state index contributed by atoms with van der Waals surface area (Å²) in [6.07, 6.45) is 6.98. The third-order valence-electron chi connectivity index (χ3n) is 1.97. The summed E-state index contributed by atoms with van der Waals surface area (Å²) in [5.74, 6) is 1.46. The third-order valence-corrected chi connectivity index (χ3v) is 1.97. The van der Waals surface area contributed by atoms with Gasteiger partial charge in [0.2, 0.25) is 0 Å². The molecule has 0 aliphatic carbocycles. The minimum atomic E-state index is 0.700. The lowest BCUT2D eigenvalue weighted by Gasteiger charge is -2.05. The van der Waals surface area contributed by atoms with Gasteiger partial charge in [0.25, 0.3) is 0 Å². The molecule has 0 aliphatic rings. The van der Waals surface area contributed by atoms with E-state index in [-0.39, 0.29) is 0 Å². The summed E-state index contributed by atoms with van der Waals surface area (Å²) >= 11 is 0. The fraction of sp³-hybridized carbons (Fsp3) is 0.300. The first-order valence-corrected chi connectivity index (χ1v) is 5.09.